The van der Waals surface area contributed by atoms with Gasteiger partial charge in [0.25, 0.3) is 0 Å². The first kappa shape index (κ1) is 20.9. The maximum absolute atomic E-state index is 13.1. The molecule has 0 aromatic rings. The predicted octanol–water partition coefficient (Wildman–Crippen LogP) is 3.15. The number of amides is 1. The van der Waals surface area contributed by atoms with Gasteiger partial charge in [-0.3, -0.25) is 9.59 Å². The van der Waals surface area contributed by atoms with E-state index < -0.39 is 5.60 Å². The summed E-state index contributed by atoms with van der Waals surface area (Å²) in [7, 11) is 0. The second-order valence-electron chi connectivity index (χ2n) is 11.2. The molecule has 3 atom stereocenters. The van der Waals surface area contributed by atoms with Gasteiger partial charge in [-0.1, -0.05) is 0 Å². The molecule has 5 heteroatoms. The Morgan fingerprint density at radius 1 is 0.767 bits per heavy atom. The number of hydrogen-bond acceptors (Lipinski definition) is 4. The lowest BCUT2D eigenvalue weighted by Crippen LogP contribution is -2.46. The van der Waals surface area contributed by atoms with E-state index in [0.717, 1.165) is 49.4 Å². The topological polar surface area (TPSA) is 69.6 Å². The number of nitrogens with one attached hydrogen (secondary N) is 1. The van der Waals surface area contributed by atoms with Crippen LogP contribution in [0.1, 0.15) is 77.0 Å². The van der Waals surface area contributed by atoms with Gasteiger partial charge in [0.15, 0.2) is 5.78 Å². The Labute approximate surface area is 181 Å². The highest BCUT2D eigenvalue weighted by molar-refractivity contribution is 5.92. The molecular formula is C25H40N2O3. The first-order valence-electron chi connectivity index (χ1n) is 12.8. The number of rotatable bonds is 4. The highest BCUT2D eigenvalue weighted by Crippen LogP contribution is 2.45. The van der Waals surface area contributed by atoms with Crippen LogP contribution in [0.4, 0.5) is 0 Å². The minimum absolute atomic E-state index is 0.0394. The number of hydrogen-bond donors (Lipinski definition) is 2. The number of Topliss-reactive ketones (excluding diaryl/α,β-unsaturated/α-hetero) is 1. The highest BCUT2D eigenvalue weighted by atomic mass is 16.3. The Morgan fingerprint density at radius 3 is 2.10 bits per heavy atom. The zero-order valence-corrected chi connectivity index (χ0v) is 18.5. The lowest BCUT2D eigenvalue weighted by molar-refractivity contribution is -0.142. The van der Waals surface area contributed by atoms with Crippen molar-refractivity contribution in [1.29, 1.82) is 0 Å². The van der Waals surface area contributed by atoms with Crippen molar-refractivity contribution in [3.05, 3.63) is 0 Å². The van der Waals surface area contributed by atoms with Gasteiger partial charge in [0, 0.05) is 24.9 Å². The van der Waals surface area contributed by atoms with E-state index in [1.54, 1.807) is 0 Å². The smallest absolute Gasteiger partial charge is 0.225 e. The number of carbonyl (C=O) groups excluding carboxylic acids is 2. The van der Waals surface area contributed by atoms with E-state index in [1.165, 1.54) is 51.6 Å². The van der Waals surface area contributed by atoms with E-state index in [0.29, 0.717) is 31.8 Å². The van der Waals surface area contributed by atoms with Crippen LogP contribution in [-0.4, -0.2) is 53.5 Å². The van der Waals surface area contributed by atoms with Gasteiger partial charge in [-0.25, -0.2) is 0 Å². The van der Waals surface area contributed by atoms with Crippen LogP contribution in [0.5, 0.6) is 0 Å². The summed E-state index contributed by atoms with van der Waals surface area (Å²) in [4.78, 5) is 27.5. The van der Waals surface area contributed by atoms with Crippen LogP contribution in [0, 0.1) is 35.5 Å². The van der Waals surface area contributed by atoms with E-state index in [4.69, 9.17) is 0 Å². The summed E-state index contributed by atoms with van der Waals surface area (Å²) >= 11 is 0. The lowest BCUT2D eigenvalue weighted by atomic mass is 9.64. The van der Waals surface area contributed by atoms with E-state index >= 15 is 0 Å². The quantitative estimate of drug-likeness (QED) is 0.739. The minimum atomic E-state index is -1.01. The molecule has 0 aromatic carbocycles. The molecule has 2 N–H and O–H groups in total. The molecule has 0 spiro atoms. The van der Waals surface area contributed by atoms with Gasteiger partial charge in [-0.05, 0) is 114 Å². The lowest BCUT2D eigenvalue weighted by Gasteiger charge is -2.44. The van der Waals surface area contributed by atoms with Gasteiger partial charge in [0.05, 0.1) is 0 Å². The van der Waals surface area contributed by atoms with Crippen molar-refractivity contribution >= 4 is 11.7 Å². The molecule has 5 aliphatic rings. The Hall–Kier alpha value is -0.940. The Morgan fingerprint density at radius 2 is 1.40 bits per heavy atom. The first-order valence-corrected chi connectivity index (χ1v) is 12.8. The molecule has 5 fully saturated rings. The maximum atomic E-state index is 13.1. The van der Waals surface area contributed by atoms with Crippen molar-refractivity contribution in [3.63, 3.8) is 0 Å². The molecule has 3 aliphatic carbocycles. The van der Waals surface area contributed by atoms with Crippen LogP contribution in [0.3, 0.4) is 0 Å². The average Bonchev–Trinajstić information content (AvgIpc) is 3.56. The summed E-state index contributed by atoms with van der Waals surface area (Å²) in [5.41, 5.74) is -1.01. The van der Waals surface area contributed by atoms with Crippen LogP contribution in [0.2, 0.25) is 0 Å². The normalized spacial score (nSPS) is 39.2. The van der Waals surface area contributed by atoms with Crippen molar-refractivity contribution in [2.24, 2.45) is 35.5 Å². The number of ketones is 1. The number of nitrogens with zero attached hydrogens (tertiary/aromatic N) is 1. The summed E-state index contributed by atoms with van der Waals surface area (Å²) < 4.78 is 0. The largest absolute Gasteiger partial charge is 0.382 e. The Bertz CT molecular complexity index is 645. The Kier molecular flexibility index (Phi) is 5.96. The fourth-order valence-corrected chi connectivity index (χ4v) is 7.19. The summed E-state index contributed by atoms with van der Waals surface area (Å²) in [5, 5.41) is 13.7. The predicted molar refractivity (Wildman–Crippen MR) is 116 cm³/mol. The third-order valence-corrected chi connectivity index (χ3v) is 9.43. The van der Waals surface area contributed by atoms with Crippen LogP contribution in [-0.2, 0) is 9.59 Å². The zero-order valence-electron chi connectivity index (χ0n) is 18.5. The Balaban J connectivity index is 1.07. The first-order chi connectivity index (χ1) is 14.5. The summed E-state index contributed by atoms with van der Waals surface area (Å²) in [6, 6.07) is 0. The van der Waals surface area contributed by atoms with E-state index in [1.807, 2.05) is 4.90 Å². The molecule has 5 rings (SSSR count). The van der Waals surface area contributed by atoms with Crippen LogP contribution in [0.15, 0.2) is 0 Å². The monoisotopic (exact) mass is 416 g/mol. The molecule has 0 aromatic heterocycles. The van der Waals surface area contributed by atoms with Crippen LogP contribution < -0.4 is 5.32 Å². The van der Waals surface area contributed by atoms with Gasteiger partial charge in [0.1, 0.15) is 5.60 Å². The number of fused-ring (bicyclic) bond motifs is 1. The van der Waals surface area contributed by atoms with Crippen molar-refractivity contribution in [2.75, 3.05) is 26.2 Å². The molecule has 168 valence electrons. The van der Waals surface area contributed by atoms with Crippen molar-refractivity contribution in [1.82, 2.24) is 10.2 Å². The number of piperidine rings is 2. The molecule has 2 aliphatic heterocycles. The van der Waals surface area contributed by atoms with Crippen molar-refractivity contribution in [2.45, 2.75) is 82.7 Å². The minimum Gasteiger partial charge on any atom is -0.382 e. The standard InChI is InChI=1S/C25H40N2O3/c28-23(25(30)10-11-25)18-8-13-27(14-9-18)24(29)19-3-1-17(2-4-19)20-5-6-22-16-26-12-7-21(22)15-20/h17-22,26,30H,1-16H2. The number of carbonyl (C=O) groups is 2. The molecule has 30 heavy (non-hydrogen) atoms. The number of likely N-dealkylation sites (tertiary alicyclic amines) is 1. The fraction of sp³-hybridized carbons (Fsp3) is 0.920. The SMILES string of the molecule is O=C(C1CCC(C2CCC3CNCCC3C2)CC1)N1CCC(C(=O)C2(O)CC2)CC1. The van der Waals surface area contributed by atoms with Gasteiger partial charge >= 0.3 is 0 Å². The van der Waals surface area contributed by atoms with E-state index in [-0.39, 0.29) is 17.6 Å². The molecule has 0 bridgehead atoms. The number of aliphatic hydroxyl groups is 1. The average molecular weight is 417 g/mol. The second kappa shape index (κ2) is 8.54. The summed E-state index contributed by atoms with van der Waals surface area (Å²) in [5.74, 6) is 4.15. The van der Waals surface area contributed by atoms with Gasteiger partial charge in [0.2, 0.25) is 5.91 Å². The molecule has 1 amide bonds. The highest BCUT2D eigenvalue weighted by Gasteiger charge is 2.50. The van der Waals surface area contributed by atoms with Gasteiger partial charge in [-0.2, -0.15) is 0 Å². The van der Waals surface area contributed by atoms with Crippen LogP contribution >= 0.6 is 0 Å². The molecule has 0 radical (unpaired) electrons. The van der Waals surface area contributed by atoms with Gasteiger partial charge in [-0.15, -0.1) is 0 Å². The summed E-state index contributed by atoms with van der Waals surface area (Å²) in [6.07, 6.45) is 12.9. The van der Waals surface area contributed by atoms with Crippen LogP contribution in [0.25, 0.3) is 0 Å². The zero-order chi connectivity index (χ0) is 20.7. The second-order valence-corrected chi connectivity index (χ2v) is 11.2. The summed E-state index contributed by atoms with van der Waals surface area (Å²) in [6.45, 7) is 3.84. The third-order valence-electron chi connectivity index (χ3n) is 9.43. The molecule has 3 saturated carbocycles. The fourth-order valence-electron chi connectivity index (χ4n) is 7.19. The third kappa shape index (κ3) is 4.21. The molecule has 3 unspecified atom stereocenters. The molecule has 5 nitrogen and oxygen atoms in total. The molecular weight excluding hydrogens is 376 g/mol. The van der Waals surface area contributed by atoms with E-state index in [9.17, 15) is 14.7 Å². The van der Waals surface area contributed by atoms with Gasteiger partial charge < -0.3 is 15.3 Å². The van der Waals surface area contributed by atoms with Crippen molar-refractivity contribution in [3.8, 4) is 0 Å². The van der Waals surface area contributed by atoms with Crippen molar-refractivity contribution < 1.29 is 14.7 Å². The maximum Gasteiger partial charge on any atom is 0.225 e. The molecule has 2 heterocycles. The molecule has 2 saturated heterocycles. The van der Waals surface area contributed by atoms with E-state index in [2.05, 4.69) is 5.32 Å².